The van der Waals surface area contributed by atoms with Gasteiger partial charge in [-0.05, 0) is 12.5 Å². The number of rotatable bonds is 24. The van der Waals surface area contributed by atoms with Crippen molar-refractivity contribution in [1.82, 2.24) is 14.5 Å². The molecule has 3 rings (SSSR count). The smallest absolute Gasteiger partial charge is 0.387 e. The Morgan fingerprint density at radius 3 is 2.04 bits per heavy atom. The lowest BCUT2D eigenvalue weighted by Crippen LogP contribution is -2.36. The van der Waals surface area contributed by atoms with E-state index >= 15 is 0 Å². The van der Waals surface area contributed by atoms with Crippen molar-refractivity contribution in [2.24, 2.45) is 4.99 Å². The van der Waals surface area contributed by atoms with E-state index in [4.69, 9.17) is 18.5 Å². The first-order valence-corrected chi connectivity index (χ1v) is 18.9. The minimum atomic E-state index is -4.39. The van der Waals surface area contributed by atoms with E-state index in [0.29, 0.717) is 32.7 Å². The molecule has 3 N–H and O–H groups in total. The van der Waals surface area contributed by atoms with E-state index in [0.717, 1.165) is 23.8 Å². The molecule has 2 fully saturated rings. The molecule has 14 heteroatoms. The highest BCUT2D eigenvalue weighted by Gasteiger charge is 2.45. The maximum Gasteiger partial charge on any atom is 0.472 e. The third kappa shape index (κ3) is 14.6. The minimum absolute atomic E-state index is 0.0764. The number of phosphoric acid groups is 1. The molecule has 1 aromatic rings. The van der Waals surface area contributed by atoms with Gasteiger partial charge < -0.3 is 29.5 Å². The molecule has 13 nitrogen and oxygen atoms in total. The van der Waals surface area contributed by atoms with E-state index in [1.807, 2.05) is 4.90 Å². The van der Waals surface area contributed by atoms with Crippen molar-refractivity contribution in [1.29, 1.82) is 0 Å². The maximum absolute atomic E-state index is 12.6. The predicted molar refractivity (Wildman–Crippen MR) is 176 cm³/mol. The van der Waals surface area contributed by atoms with Gasteiger partial charge in [-0.3, -0.25) is 13.6 Å². The molecule has 0 bridgehead atoms. The molecule has 0 aliphatic carbocycles. The standard InChI is InChI=1S/C32H57N4O9P/c1-2-3-4-5-6-7-8-9-10-11-12-13-14-15-16-17-22-43-46(40,41)44-25-27-29(37)30(38)31(45-27)36-19-18-28(34-32(36)39)33-26-35-20-23-42-24-21-35/h18-19,26-27,29-31,37-38H,2-17,20-25H2,1H3,(H,40,41)/b33-26+/t27-,29+,30?,31-/m1/s1. The molecule has 3 heterocycles. The molecule has 0 radical (unpaired) electrons. The number of aliphatic hydroxyl groups excluding tert-OH is 2. The summed E-state index contributed by atoms with van der Waals surface area (Å²) >= 11 is 0. The molecule has 2 unspecified atom stereocenters. The molecular formula is C32H57N4O9P. The molecule has 2 aliphatic heterocycles. The summed E-state index contributed by atoms with van der Waals surface area (Å²) in [6, 6.07) is 1.49. The number of phosphoric ester groups is 1. The van der Waals surface area contributed by atoms with E-state index in [1.54, 1.807) is 6.34 Å². The molecule has 2 saturated heterocycles. The van der Waals surface area contributed by atoms with Gasteiger partial charge in [-0.15, -0.1) is 0 Å². The molecule has 0 amide bonds. The second-order valence-corrected chi connectivity index (χ2v) is 13.8. The van der Waals surface area contributed by atoms with Crippen LogP contribution in [0.15, 0.2) is 22.1 Å². The molecule has 264 valence electrons. The fourth-order valence-corrected chi connectivity index (χ4v) is 6.40. The number of aliphatic imine (C=N–C) groups is 1. The van der Waals surface area contributed by atoms with Crippen LogP contribution in [0.5, 0.6) is 0 Å². The third-order valence-electron chi connectivity index (χ3n) is 8.48. The highest BCUT2D eigenvalue weighted by molar-refractivity contribution is 7.47. The van der Waals surface area contributed by atoms with Crippen molar-refractivity contribution in [2.75, 3.05) is 39.5 Å². The van der Waals surface area contributed by atoms with E-state index in [2.05, 4.69) is 16.9 Å². The fraction of sp³-hybridized carbons (Fsp3) is 0.844. The molecule has 0 aromatic carbocycles. The number of hydrogen-bond acceptors (Lipinski definition) is 10. The number of ether oxygens (including phenoxy) is 2. The van der Waals surface area contributed by atoms with Crippen LogP contribution in [0.1, 0.15) is 116 Å². The summed E-state index contributed by atoms with van der Waals surface area (Å²) < 4.78 is 34.4. The maximum atomic E-state index is 12.6. The molecule has 5 atom stereocenters. The zero-order valence-electron chi connectivity index (χ0n) is 27.6. The molecule has 1 aromatic heterocycles. The van der Waals surface area contributed by atoms with Gasteiger partial charge in [0.05, 0.1) is 32.8 Å². The minimum Gasteiger partial charge on any atom is -0.387 e. The quantitative estimate of drug-likeness (QED) is 0.0569. The van der Waals surface area contributed by atoms with Gasteiger partial charge in [-0.25, -0.2) is 14.4 Å². The molecule has 0 saturated carbocycles. The van der Waals surface area contributed by atoms with Gasteiger partial charge in [0, 0.05) is 19.3 Å². The zero-order chi connectivity index (χ0) is 33.0. The Balaban J connectivity index is 1.24. The first-order chi connectivity index (χ1) is 22.3. The van der Waals surface area contributed by atoms with Crippen LogP contribution < -0.4 is 5.69 Å². The Morgan fingerprint density at radius 2 is 1.48 bits per heavy atom. The lowest BCUT2D eigenvalue weighted by atomic mass is 10.0. The van der Waals surface area contributed by atoms with Gasteiger partial charge >= 0.3 is 13.5 Å². The summed E-state index contributed by atoms with van der Waals surface area (Å²) in [5.74, 6) is 0.184. The lowest BCUT2D eigenvalue weighted by Gasteiger charge is -2.24. The van der Waals surface area contributed by atoms with Crippen LogP contribution in [-0.2, 0) is 23.1 Å². The van der Waals surface area contributed by atoms with Crippen molar-refractivity contribution >= 4 is 20.0 Å². The van der Waals surface area contributed by atoms with E-state index in [9.17, 15) is 24.5 Å². The van der Waals surface area contributed by atoms with E-state index in [1.165, 1.54) is 89.3 Å². The molecular weight excluding hydrogens is 615 g/mol. The number of aliphatic hydroxyl groups is 2. The average molecular weight is 673 g/mol. The summed E-state index contributed by atoms with van der Waals surface area (Å²) in [4.78, 5) is 32.8. The van der Waals surface area contributed by atoms with Gasteiger partial charge in [0.1, 0.15) is 18.3 Å². The van der Waals surface area contributed by atoms with Crippen molar-refractivity contribution < 1.29 is 38.2 Å². The summed E-state index contributed by atoms with van der Waals surface area (Å²) in [6.45, 7) is 4.40. The van der Waals surface area contributed by atoms with Crippen LogP contribution in [0, 0.1) is 0 Å². The SMILES string of the molecule is CCCCCCCCCCCCCCCCCCOP(=O)(O)OC[C@H]1O[C@@H](n2ccc(/N=C/N3CCOCC3)nc2=O)C(O)[C@H]1O. The van der Waals surface area contributed by atoms with Gasteiger partial charge in [0.25, 0.3) is 0 Å². The highest BCUT2D eigenvalue weighted by Crippen LogP contribution is 2.44. The van der Waals surface area contributed by atoms with Crippen LogP contribution in [0.3, 0.4) is 0 Å². The van der Waals surface area contributed by atoms with Gasteiger partial charge in [0.2, 0.25) is 0 Å². The van der Waals surface area contributed by atoms with Crippen molar-refractivity contribution in [3.8, 4) is 0 Å². The normalized spacial score (nSPS) is 23.3. The van der Waals surface area contributed by atoms with E-state index in [-0.39, 0.29) is 12.4 Å². The summed E-state index contributed by atoms with van der Waals surface area (Å²) in [5.41, 5.74) is -0.732. The number of nitrogens with zero attached hydrogens (tertiary/aromatic N) is 4. The van der Waals surface area contributed by atoms with Crippen molar-refractivity contribution in [3.63, 3.8) is 0 Å². The zero-order valence-corrected chi connectivity index (χ0v) is 28.5. The second-order valence-electron chi connectivity index (χ2n) is 12.3. The first-order valence-electron chi connectivity index (χ1n) is 17.4. The Hall–Kier alpha value is -1.70. The number of unbranched alkanes of at least 4 members (excludes halogenated alkanes) is 15. The van der Waals surface area contributed by atoms with Gasteiger partial charge in [-0.1, -0.05) is 103 Å². The van der Waals surface area contributed by atoms with Crippen LogP contribution in [0.4, 0.5) is 5.82 Å². The predicted octanol–water partition coefficient (Wildman–Crippen LogP) is 5.25. The topological polar surface area (TPSA) is 165 Å². The van der Waals surface area contributed by atoms with E-state index < -0.39 is 44.7 Å². The summed E-state index contributed by atoms with van der Waals surface area (Å²) in [7, 11) is -4.39. The van der Waals surface area contributed by atoms with Gasteiger partial charge in [-0.2, -0.15) is 4.98 Å². The third-order valence-corrected chi connectivity index (χ3v) is 9.46. The largest absolute Gasteiger partial charge is 0.472 e. The molecule has 2 aliphatic rings. The Labute approximate surface area is 273 Å². The second kappa shape index (κ2) is 22.0. The van der Waals surface area contributed by atoms with Gasteiger partial charge in [0.15, 0.2) is 12.0 Å². The van der Waals surface area contributed by atoms with Crippen molar-refractivity contribution in [3.05, 3.63) is 22.7 Å². The molecule has 46 heavy (non-hydrogen) atoms. The number of morpholine rings is 1. The van der Waals surface area contributed by atoms with Crippen LogP contribution in [-0.4, -0.2) is 93.7 Å². The first kappa shape index (κ1) is 38.7. The lowest BCUT2D eigenvalue weighted by molar-refractivity contribution is -0.0551. The average Bonchev–Trinajstić information content (AvgIpc) is 3.33. The Morgan fingerprint density at radius 1 is 0.913 bits per heavy atom. The summed E-state index contributed by atoms with van der Waals surface area (Å²) in [6.07, 6.45) is 17.3. The highest BCUT2D eigenvalue weighted by atomic mass is 31.2. The molecule has 0 spiro atoms. The number of aromatic nitrogens is 2. The Bertz CT molecular complexity index is 1100. The monoisotopic (exact) mass is 672 g/mol. The van der Waals surface area contributed by atoms with Crippen LogP contribution in [0.2, 0.25) is 0 Å². The van der Waals surface area contributed by atoms with Crippen LogP contribution in [0.25, 0.3) is 0 Å². The Kier molecular flexibility index (Phi) is 18.6. The van der Waals surface area contributed by atoms with Crippen LogP contribution >= 0.6 is 7.82 Å². The van der Waals surface area contributed by atoms with Crippen molar-refractivity contribution in [2.45, 2.75) is 134 Å². The fourth-order valence-electron chi connectivity index (χ4n) is 5.63. The summed E-state index contributed by atoms with van der Waals surface area (Å²) in [5, 5.41) is 21.0. The number of hydrogen-bond donors (Lipinski definition) is 3.